The summed E-state index contributed by atoms with van der Waals surface area (Å²) >= 11 is 3.20. The first-order valence-corrected chi connectivity index (χ1v) is 10.2. The summed E-state index contributed by atoms with van der Waals surface area (Å²) in [6, 6.07) is 0. The molecule has 22 heavy (non-hydrogen) atoms. The molecule has 2 nitrogen and oxygen atoms in total. The minimum atomic E-state index is 0.112. The van der Waals surface area contributed by atoms with Gasteiger partial charge in [-0.25, -0.2) is 0 Å². The fraction of sp³-hybridized carbons (Fsp3) is 0.842. The molecular formula is C19H30BrNO. The predicted molar refractivity (Wildman–Crippen MR) is 94.9 cm³/mol. The maximum atomic E-state index is 11.3. The highest BCUT2D eigenvalue weighted by atomic mass is 79.9. The highest BCUT2D eigenvalue weighted by Gasteiger charge is 2.54. The van der Waals surface area contributed by atoms with Gasteiger partial charge in [0, 0.05) is 6.54 Å². The van der Waals surface area contributed by atoms with Crippen LogP contribution >= 0.6 is 15.9 Å². The van der Waals surface area contributed by atoms with Crippen molar-refractivity contribution in [3.05, 3.63) is 12.2 Å². The molecule has 1 amide bonds. The van der Waals surface area contributed by atoms with Gasteiger partial charge in [-0.1, -0.05) is 35.0 Å². The second kappa shape index (κ2) is 6.67. The average molecular weight is 368 g/mol. The zero-order valence-corrected chi connectivity index (χ0v) is 15.5. The first-order valence-electron chi connectivity index (χ1n) is 9.06. The van der Waals surface area contributed by atoms with Gasteiger partial charge < -0.3 is 5.32 Å². The van der Waals surface area contributed by atoms with Crippen LogP contribution in [0.25, 0.3) is 0 Å². The number of rotatable bonds is 5. The molecule has 3 saturated carbocycles. The third-order valence-corrected chi connectivity index (χ3v) is 7.43. The van der Waals surface area contributed by atoms with E-state index in [2.05, 4.69) is 34.7 Å². The van der Waals surface area contributed by atoms with Gasteiger partial charge in [0.05, 0.1) is 5.33 Å². The fourth-order valence-corrected chi connectivity index (χ4v) is 6.05. The summed E-state index contributed by atoms with van der Waals surface area (Å²) in [7, 11) is 0. The van der Waals surface area contributed by atoms with Crippen LogP contribution in [0.2, 0.25) is 0 Å². The van der Waals surface area contributed by atoms with Crippen molar-refractivity contribution < 1.29 is 4.79 Å². The number of nitrogens with one attached hydrogen (secondary N) is 1. The minimum Gasteiger partial charge on any atom is -0.355 e. The monoisotopic (exact) mass is 367 g/mol. The smallest absolute Gasteiger partial charge is 0.230 e. The molecule has 3 rings (SSSR count). The number of hydrogen-bond acceptors (Lipinski definition) is 1. The van der Waals surface area contributed by atoms with E-state index in [0.717, 1.165) is 36.6 Å². The largest absolute Gasteiger partial charge is 0.355 e. The van der Waals surface area contributed by atoms with E-state index in [4.69, 9.17) is 0 Å². The highest BCUT2D eigenvalue weighted by Crippen LogP contribution is 2.64. The molecule has 124 valence electrons. The van der Waals surface area contributed by atoms with Gasteiger partial charge in [0.15, 0.2) is 0 Å². The Hall–Kier alpha value is -0.310. The Labute approximate surface area is 143 Å². The van der Waals surface area contributed by atoms with E-state index >= 15 is 0 Å². The van der Waals surface area contributed by atoms with Crippen LogP contribution in [-0.2, 0) is 4.79 Å². The Balaban J connectivity index is 1.60. The Morgan fingerprint density at radius 1 is 1.41 bits per heavy atom. The SMILES string of the molecule is C=C1C[C@@]23CCC(C)C(CCCNC(=O)CBr)C2CC[C@@H]1C3. The van der Waals surface area contributed by atoms with Gasteiger partial charge in [0.25, 0.3) is 0 Å². The summed E-state index contributed by atoms with van der Waals surface area (Å²) in [5.41, 5.74) is 2.16. The van der Waals surface area contributed by atoms with Crippen molar-refractivity contribution >= 4 is 21.8 Å². The highest BCUT2D eigenvalue weighted by molar-refractivity contribution is 9.09. The molecule has 0 aliphatic heterocycles. The van der Waals surface area contributed by atoms with Crippen LogP contribution in [0.1, 0.15) is 58.3 Å². The molecule has 3 aliphatic rings. The van der Waals surface area contributed by atoms with Crippen molar-refractivity contribution in [3.63, 3.8) is 0 Å². The van der Waals surface area contributed by atoms with E-state index in [1.54, 1.807) is 5.57 Å². The minimum absolute atomic E-state index is 0.112. The first kappa shape index (κ1) is 16.5. The van der Waals surface area contributed by atoms with E-state index in [9.17, 15) is 4.79 Å². The number of carbonyl (C=O) groups excluding carboxylic acids is 1. The zero-order chi connectivity index (χ0) is 15.7. The molecule has 0 aromatic heterocycles. The van der Waals surface area contributed by atoms with E-state index < -0.39 is 0 Å². The molecule has 1 spiro atoms. The number of halogens is 1. The molecule has 3 aliphatic carbocycles. The standard InChI is InChI=1S/C19H30BrNO/c1-13-7-8-19-10-14(2)15(11-19)5-6-17(19)16(13)4-3-9-21-18(22)12-20/h13,15-17H,2-12H2,1H3,(H,21,22)/t13?,15-,16?,17?,19-/m1/s1. The molecule has 0 heterocycles. The Morgan fingerprint density at radius 2 is 2.23 bits per heavy atom. The second-order valence-electron chi connectivity index (χ2n) is 8.09. The molecule has 3 unspecified atom stereocenters. The normalized spacial score (nSPS) is 40.4. The molecule has 0 saturated heterocycles. The molecule has 0 aromatic carbocycles. The summed E-state index contributed by atoms with van der Waals surface area (Å²) in [6.45, 7) is 7.68. The van der Waals surface area contributed by atoms with Gasteiger partial charge >= 0.3 is 0 Å². The lowest BCUT2D eigenvalue weighted by Crippen LogP contribution is -2.43. The lowest BCUT2D eigenvalue weighted by atomic mass is 9.53. The van der Waals surface area contributed by atoms with Crippen LogP contribution in [0.15, 0.2) is 12.2 Å². The second-order valence-corrected chi connectivity index (χ2v) is 8.65. The summed E-state index contributed by atoms with van der Waals surface area (Å²) in [5.74, 6) is 3.58. The van der Waals surface area contributed by atoms with Crippen LogP contribution < -0.4 is 5.32 Å². The summed E-state index contributed by atoms with van der Waals surface area (Å²) < 4.78 is 0. The van der Waals surface area contributed by atoms with Gasteiger partial charge in [0.2, 0.25) is 5.91 Å². The van der Waals surface area contributed by atoms with Crippen molar-refractivity contribution in [1.29, 1.82) is 0 Å². The van der Waals surface area contributed by atoms with Crippen molar-refractivity contribution in [2.75, 3.05) is 11.9 Å². The maximum Gasteiger partial charge on any atom is 0.230 e. The van der Waals surface area contributed by atoms with Crippen LogP contribution in [0.5, 0.6) is 0 Å². The van der Waals surface area contributed by atoms with E-state index in [-0.39, 0.29) is 5.91 Å². The average Bonchev–Trinajstić information content (AvgIpc) is 2.76. The van der Waals surface area contributed by atoms with E-state index in [1.165, 1.54) is 44.9 Å². The van der Waals surface area contributed by atoms with E-state index in [0.29, 0.717) is 10.7 Å². The van der Waals surface area contributed by atoms with Crippen LogP contribution in [0.3, 0.4) is 0 Å². The number of allylic oxidation sites excluding steroid dienone is 1. The fourth-order valence-electron chi connectivity index (χ4n) is 5.85. The third-order valence-electron chi connectivity index (χ3n) is 6.93. The third kappa shape index (κ3) is 3.02. The van der Waals surface area contributed by atoms with Crippen molar-refractivity contribution in [3.8, 4) is 0 Å². The molecule has 3 fully saturated rings. The van der Waals surface area contributed by atoms with Crippen LogP contribution in [0.4, 0.5) is 0 Å². The Bertz CT molecular complexity index is 449. The molecule has 1 N–H and O–H groups in total. The molecular weight excluding hydrogens is 338 g/mol. The lowest BCUT2D eigenvalue weighted by molar-refractivity contribution is -0.118. The topological polar surface area (TPSA) is 29.1 Å². The van der Waals surface area contributed by atoms with Gasteiger partial charge in [-0.05, 0) is 80.5 Å². The molecule has 3 heteroatoms. The number of alkyl halides is 1. The Morgan fingerprint density at radius 3 is 3.00 bits per heavy atom. The lowest BCUT2D eigenvalue weighted by Gasteiger charge is -2.51. The van der Waals surface area contributed by atoms with Crippen molar-refractivity contribution in [1.82, 2.24) is 5.32 Å². The quantitative estimate of drug-likeness (QED) is 0.426. The van der Waals surface area contributed by atoms with Gasteiger partial charge in [-0.15, -0.1) is 0 Å². The van der Waals surface area contributed by atoms with Gasteiger partial charge in [-0.2, -0.15) is 0 Å². The summed E-state index contributed by atoms with van der Waals surface area (Å²) in [4.78, 5) is 11.3. The number of amides is 1. The number of hydrogen-bond donors (Lipinski definition) is 1. The van der Waals surface area contributed by atoms with Crippen molar-refractivity contribution in [2.45, 2.75) is 58.3 Å². The van der Waals surface area contributed by atoms with Gasteiger partial charge in [0.1, 0.15) is 0 Å². The number of fused-ring (bicyclic) bond motifs is 1. The van der Waals surface area contributed by atoms with Crippen molar-refractivity contribution in [2.24, 2.45) is 29.1 Å². The van der Waals surface area contributed by atoms with Crippen LogP contribution in [-0.4, -0.2) is 17.8 Å². The Kier molecular flexibility index (Phi) is 5.01. The summed E-state index contributed by atoms with van der Waals surface area (Å²) in [5, 5.41) is 3.42. The summed E-state index contributed by atoms with van der Waals surface area (Å²) in [6.07, 6.45) is 10.8. The molecule has 0 aromatic rings. The maximum absolute atomic E-state index is 11.3. The number of carbonyl (C=O) groups is 1. The molecule has 2 bridgehead atoms. The predicted octanol–water partition coefficient (Wildman–Crippen LogP) is 4.69. The molecule has 0 radical (unpaired) electrons. The van der Waals surface area contributed by atoms with E-state index in [1.807, 2.05) is 0 Å². The first-order chi connectivity index (χ1) is 10.6. The zero-order valence-electron chi connectivity index (χ0n) is 13.9. The van der Waals surface area contributed by atoms with Gasteiger partial charge in [-0.3, -0.25) is 4.79 Å². The van der Waals surface area contributed by atoms with Crippen LogP contribution in [0, 0.1) is 29.1 Å². The molecule has 5 atom stereocenters.